The largest absolute Gasteiger partial charge is 0.293 e. The van der Waals surface area contributed by atoms with Gasteiger partial charge in [0.05, 0.1) is 6.67 Å². The van der Waals surface area contributed by atoms with Gasteiger partial charge >= 0.3 is 0 Å². The van der Waals surface area contributed by atoms with Crippen LogP contribution in [0, 0.1) is 0 Å². The van der Waals surface area contributed by atoms with Gasteiger partial charge < -0.3 is 0 Å². The molecule has 1 N–H and O–H groups in total. The first-order chi connectivity index (χ1) is 4.30. The Morgan fingerprint density at radius 3 is 2.78 bits per heavy atom. The highest BCUT2D eigenvalue weighted by Gasteiger charge is 2.05. The summed E-state index contributed by atoms with van der Waals surface area (Å²) in [6.45, 7) is 6.05. The van der Waals surface area contributed by atoms with Crippen molar-refractivity contribution in [3.8, 4) is 0 Å². The number of hydrogen-bond donors (Lipinski definition) is 1. The maximum Gasteiger partial charge on any atom is 0.0860 e. The maximum absolute atomic E-state index is 4.17. The number of nitrogens with one attached hydrogen (secondary N) is 1. The highest BCUT2D eigenvalue weighted by Crippen LogP contribution is 1.97. The first-order valence-corrected chi connectivity index (χ1v) is 3.30. The fourth-order valence-electron chi connectivity index (χ4n) is 0.746. The van der Waals surface area contributed by atoms with Gasteiger partial charge in [0.25, 0.3) is 0 Å². The molecule has 0 aromatic rings. The van der Waals surface area contributed by atoms with Crippen molar-refractivity contribution in [3.05, 3.63) is 0 Å². The Balaban J connectivity index is 2.40. The van der Waals surface area contributed by atoms with Crippen LogP contribution in [-0.2, 0) is 0 Å². The van der Waals surface area contributed by atoms with Crippen LogP contribution in [0.4, 0.5) is 0 Å². The van der Waals surface area contributed by atoms with Crippen LogP contribution in [0.15, 0.2) is 5.10 Å². The molecule has 3 nitrogen and oxygen atoms in total. The third-order valence-electron chi connectivity index (χ3n) is 1.34. The molecule has 0 bridgehead atoms. The van der Waals surface area contributed by atoms with Gasteiger partial charge in [0.1, 0.15) is 0 Å². The first-order valence-electron chi connectivity index (χ1n) is 3.30. The molecular weight excluding hydrogens is 114 g/mol. The van der Waals surface area contributed by atoms with Crippen LogP contribution < -0.4 is 5.32 Å². The monoisotopic (exact) mass is 127 g/mol. The zero-order valence-corrected chi connectivity index (χ0v) is 5.96. The standard InChI is InChI=1S/C6H13N3/c1-6(2)9-5-7-3-4-8-9/h4,6-7H,3,5H2,1-2H3. The van der Waals surface area contributed by atoms with Crippen LogP contribution >= 0.6 is 0 Å². The number of nitrogens with zero attached hydrogens (tertiary/aromatic N) is 2. The second-order valence-electron chi connectivity index (χ2n) is 2.44. The van der Waals surface area contributed by atoms with Crippen molar-refractivity contribution in [1.29, 1.82) is 0 Å². The van der Waals surface area contributed by atoms with Gasteiger partial charge in [0, 0.05) is 18.8 Å². The van der Waals surface area contributed by atoms with Gasteiger partial charge in [-0.15, -0.1) is 0 Å². The van der Waals surface area contributed by atoms with Crippen LogP contribution in [0.2, 0.25) is 0 Å². The number of hydrazone groups is 1. The minimum absolute atomic E-state index is 0.508. The van der Waals surface area contributed by atoms with Crippen molar-refractivity contribution in [2.24, 2.45) is 5.10 Å². The van der Waals surface area contributed by atoms with E-state index >= 15 is 0 Å². The lowest BCUT2D eigenvalue weighted by molar-refractivity contribution is 0.210. The predicted molar refractivity (Wildman–Crippen MR) is 38.3 cm³/mol. The fourth-order valence-corrected chi connectivity index (χ4v) is 0.746. The normalized spacial score (nSPS) is 19.2. The van der Waals surface area contributed by atoms with E-state index in [0.717, 1.165) is 13.2 Å². The summed E-state index contributed by atoms with van der Waals surface area (Å²) in [6, 6.07) is 0.508. The summed E-state index contributed by atoms with van der Waals surface area (Å²) < 4.78 is 0. The molecule has 0 atom stereocenters. The van der Waals surface area contributed by atoms with Crippen LogP contribution in [0.3, 0.4) is 0 Å². The van der Waals surface area contributed by atoms with E-state index in [1.165, 1.54) is 0 Å². The van der Waals surface area contributed by atoms with Gasteiger partial charge in [-0.05, 0) is 13.8 Å². The summed E-state index contributed by atoms with van der Waals surface area (Å²) in [7, 11) is 0. The SMILES string of the molecule is CC(C)N1CNCC=N1. The zero-order valence-electron chi connectivity index (χ0n) is 5.96. The second-order valence-corrected chi connectivity index (χ2v) is 2.44. The van der Waals surface area contributed by atoms with Crippen molar-refractivity contribution in [3.63, 3.8) is 0 Å². The lowest BCUT2D eigenvalue weighted by atomic mass is 10.4. The number of rotatable bonds is 1. The van der Waals surface area contributed by atoms with Gasteiger partial charge in [-0.1, -0.05) is 0 Å². The van der Waals surface area contributed by atoms with E-state index in [1.807, 2.05) is 11.2 Å². The van der Waals surface area contributed by atoms with Crippen molar-refractivity contribution in [1.82, 2.24) is 10.3 Å². The highest BCUT2D eigenvalue weighted by atomic mass is 15.5. The van der Waals surface area contributed by atoms with Crippen molar-refractivity contribution in [2.75, 3.05) is 13.2 Å². The average molecular weight is 127 g/mol. The molecule has 0 spiro atoms. The lowest BCUT2D eigenvalue weighted by Crippen LogP contribution is -2.39. The Labute approximate surface area is 55.7 Å². The smallest absolute Gasteiger partial charge is 0.0860 e. The molecule has 9 heavy (non-hydrogen) atoms. The van der Waals surface area contributed by atoms with Gasteiger partial charge in [0.2, 0.25) is 0 Å². The summed E-state index contributed by atoms with van der Waals surface area (Å²) in [4.78, 5) is 0. The summed E-state index contributed by atoms with van der Waals surface area (Å²) in [5.41, 5.74) is 0. The molecule has 0 aromatic heterocycles. The highest BCUT2D eigenvalue weighted by molar-refractivity contribution is 5.59. The maximum atomic E-state index is 4.17. The third-order valence-corrected chi connectivity index (χ3v) is 1.34. The van der Waals surface area contributed by atoms with Gasteiger partial charge in [-0.3, -0.25) is 10.3 Å². The summed E-state index contributed by atoms with van der Waals surface area (Å²) in [6.07, 6.45) is 1.89. The average Bonchev–Trinajstić information content (AvgIpc) is 1.90. The first kappa shape index (κ1) is 6.55. The molecule has 0 saturated heterocycles. The van der Waals surface area contributed by atoms with E-state index in [9.17, 15) is 0 Å². The minimum Gasteiger partial charge on any atom is -0.293 e. The summed E-state index contributed by atoms with van der Waals surface area (Å²) in [5.74, 6) is 0. The number of hydrogen-bond acceptors (Lipinski definition) is 3. The molecular formula is C6H13N3. The van der Waals surface area contributed by atoms with Gasteiger partial charge in [0.15, 0.2) is 0 Å². The minimum atomic E-state index is 0.508. The van der Waals surface area contributed by atoms with E-state index in [2.05, 4.69) is 24.3 Å². The molecule has 0 radical (unpaired) electrons. The molecule has 0 aromatic carbocycles. The molecule has 1 heterocycles. The Morgan fingerprint density at radius 1 is 1.67 bits per heavy atom. The van der Waals surface area contributed by atoms with E-state index in [0.29, 0.717) is 6.04 Å². The Morgan fingerprint density at radius 2 is 2.44 bits per heavy atom. The molecule has 1 rings (SSSR count). The predicted octanol–water partition coefficient (Wildman–Crippen LogP) is 0.243. The van der Waals surface area contributed by atoms with E-state index in [-0.39, 0.29) is 0 Å². The molecule has 0 fully saturated rings. The molecule has 1 aliphatic rings. The second kappa shape index (κ2) is 2.82. The van der Waals surface area contributed by atoms with E-state index in [1.54, 1.807) is 0 Å². The fraction of sp³-hybridized carbons (Fsp3) is 0.833. The zero-order chi connectivity index (χ0) is 6.69. The van der Waals surface area contributed by atoms with Crippen LogP contribution in [0.5, 0.6) is 0 Å². The quantitative estimate of drug-likeness (QED) is 0.546. The van der Waals surface area contributed by atoms with E-state index < -0.39 is 0 Å². The molecule has 0 amide bonds. The van der Waals surface area contributed by atoms with Crippen molar-refractivity contribution < 1.29 is 0 Å². The Bertz CT molecular complexity index is 109. The lowest BCUT2D eigenvalue weighted by Gasteiger charge is -2.25. The van der Waals surface area contributed by atoms with Crippen LogP contribution in [-0.4, -0.2) is 30.5 Å². The topological polar surface area (TPSA) is 27.6 Å². The molecule has 52 valence electrons. The Kier molecular flexibility index (Phi) is 2.05. The van der Waals surface area contributed by atoms with Gasteiger partial charge in [-0.2, -0.15) is 5.10 Å². The molecule has 0 aliphatic carbocycles. The molecule has 0 saturated carbocycles. The molecule has 0 unspecified atom stereocenters. The van der Waals surface area contributed by atoms with Crippen LogP contribution in [0.25, 0.3) is 0 Å². The van der Waals surface area contributed by atoms with Gasteiger partial charge in [-0.25, -0.2) is 0 Å². The molecule has 3 heteroatoms. The summed E-state index contributed by atoms with van der Waals surface area (Å²) in [5, 5.41) is 9.38. The summed E-state index contributed by atoms with van der Waals surface area (Å²) >= 11 is 0. The van der Waals surface area contributed by atoms with Crippen molar-refractivity contribution in [2.45, 2.75) is 19.9 Å². The van der Waals surface area contributed by atoms with E-state index in [4.69, 9.17) is 0 Å². The van der Waals surface area contributed by atoms with Crippen LogP contribution in [0.1, 0.15) is 13.8 Å². The molecule has 1 aliphatic heterocycles. The van der Waals surface area contributed by atoms with Crippen molar-refractivity contribution >= 4 is 6.21 Å². The third kappa shape index (κ3) is 1.68. The Hall–Kier alpha value is -0.570.